The van der Waals surface area contributed by atoms with Gasteiger partial charge in [0.15, 0.2) is 18.1 Å². The predicted octanol–water partition coefficient (Wildman–Crippen LogP) is 5.40. The lowest BCUT2D eigenvalue weighted by atomic mass is 10.2. The molecular formula is C23H17Cl3N2O5. The minimum atomic E-state index is -0.556. The summed E-state index contributed by atoms with van der Waals surface area (Å²) >= 11 is 17.6. The fraction of sp³-hybridized carbons (Fsp3) is 0.0870. The van der Waals surface area contributed by atoms with Crippen LogP contribution in [0.5, 0.6) is 17.2 Å². The van der Waals surface area contributed by atoms with Crippen LogP contribution in [0.15, 0.2) is 65.8 Å². The van der Waals surface area contributed by atoms with Gasteiger partial charge >= 0.3 is 5.97 Å². The number of nitrogens with zero attached hydrogens (tertiary/aromatic N) is 1. The number of halogens is 3. The molecule has 3 aromatic rings. The molecule has 10 heteroatoms. The summed E-state index contributed by atoms with van der Waals surface area (Å²) in [6.07, 6.45) is 1.40. The monoisotopic (exact) mass is 506 g/mol. The van der Waals surface area contributed by atoms with Crippen LogP contribution in [-0.2, 0) is 4.79 Å². The van der Waals surface area contributed by atoms with Gasteiger partial charge in [-0.3, -0.25) is 4.79 Å². The van der Waals surface area contributed by atoms with Crippen LogP contribution in [0.3, 0.4) is 0 Å². The summed E-state index contributed by atoms with van der Waals surface area (Å²) < 4.78 is 16.0. The Morgan fingerprint density at radius 1 is 0.909 bits per heavy atom. The third-order valence-corrected chi connectivity index (χ3v) is 4.91. The maximum atomic E-state index is 12.3. The van der Waals surface area contributed by atoms with Crippen LogP contribution in [0.4, 0.5) is 0 Å². The summed E-state index contributed by atoms with van der Waals surface area (Å²) in [6.45, 7) is -0.290. The van der Waals surface area contributed by atoms with Gasteiger partial charge in [-0.25, -0.2) is 10.2 Å². The number of carbonyl (C=O) groups excluding carboxylic acids is 2. The molecule has 1 amide bonds. The molecule has 0 unspecified atom stereocenters. The Hall–Kier alpha value is -3.26. The number of methoxy groups -OCH3 is 1. The van der Waals surface area contributed by atoms with Gasteiger partial charge in [0.25, 0.3) is 5.91 Å². The van der Waals surface area contributed by atoms with E-state index in [1.165, 1.54) is 19.4 Å². The molecule has 7 nitrogen and oxygen atoms in total. The minimum Gasteiger partial charge on any atom is -0.493 e. The van der Waals surface area contributed by atoms with Crippen molar-refractivity contribution in [3.05, 3.63) is 86.9 Å². The molecule has 0 saturated carbocycles. The third-order valence-electron chi connectivity index (χ3n) is 4.13. The molecule has 0 fully saturated rings. The van der Waals surface area contributed by atoms with Crippen molar-refractivity contribution in [3.63, 3.8) is 0 Å². The van der Waals surface area contributed by atoms with Gasteiger partial charge in [-0.2, -0.15) is 5.10 Å². The molecule has 0 aliphatic rings. The van der Waals surface area contributed by atoms with Crippen LogP contribution in [0, 0.1) is 0 Å². The molecule has 3 rings (SSSR count). The Morgan fingerprint density at radius 3 is 2.30 bits per heavy atom. The Kier molecular flexibility index (Phi) is 8.54. The molecule has 0 bridgehead atoms. The second kappa shape index (κ2) is 11.6. The van der Waals surface area contributed by atoms with Crippen molar-refractivity contribution in [1.29, 1.82) is 0 Å². The van der Waals surface area contributed by atoms with Crippen LogP contribution in [0.1, 0.15) is 15.9 Å². The van der Waals surface area contributed by atoms with E-state index in [4.69, 9.17) is 49.0 Å². The van der Waals surface area contributed by atoms with Crippen molar-refractivity contribution >= 4 is 52.9 Å². The van der Waals surface area contributed by atoms with Gasteiger partial charge in [-0.05, 0) is 66.2 Å². The van der Waals surface area contributed by atoms with Crippen LogP contribution in [0.2, 0.25) is 15.1 Å². The minimum absolute atomic E-state index is 0.229. The van der Waals surface area contributed by atoms with Crippen molar-refractivity contribution in [3.8, 4) is 17.2 Å². The average molecular weight is 508 g/mol. The van der Waals surface area contributed by atoms with Gasteiger partial charge in [-0.15, -0.1) is 0 Å². The first-order chi connectivity index (χ1) is 15.9. The number of hydrogen-bond donors (Lipinski definition) is 1. The van der Waals surface area contributed by atoms with Gasteiger partial charge < -0.3 is 14.2 Å². The van der Waals surface area contributed by atoms with E-state index in [1.807, 2.05) is 0 Å². The average Bonchev–Trinajstić information content (AvgIpc) is 2.79. The molecule has 0 spiro atoms. The summed E-state index contributed by atoms with van der Waals surface area (Å²) in [4.78, 5) is 24.2. The van der Waals surface area contributed by atoms with Gasteiger partial charge in [-0.1, -0.05) is 34.8 Å². The maximum Gasteiger partial charge on any atom is 0.343 e. The van der Waals surface area contributed by atoms with Crippen LogP contribution in [-0.4, -0.2) is 31.8 Å². The van der Waals surface area contributed by atoms with Crippen molar-refractivity contribution in [2.45, 2.75) is 0 Å². The number of benzene rings is 3. The standard InChI is InChI=1S/C23H17Cl3N2O5/c1-31-21-10-14(2-8-20(21)33-23(30)15-3-5-16(24)6-4-15)12-27-28-22(29)13-32-19-9-7-17(25)11-18(19)26/h2-12H,13H2,1H3,(H,28,29)/b27-12+. The number of nitrogens with one attached hydrogen (secondary N) is 1. The van der Waals surface area contributed by atoms with E-state index in [2.05, 4.69) is 10.5 Å². The smallest absolute Gasteiger partial charge is 0.343 e. The van der Waals surface area contributed by atoms with E-state index in [0.29, 0.717) is 37.7 Å². The molecule has 33 heavy (non-hydrogen) atoms. The summed E-state index contributed by atoms with van der Waals surface area (Å²) in [5.74, 6) is -0.175. The Bertz CT molecular complexity index is 1180. The number of rotatable bonds is 8. The van der Waals surface area contributed by atoms with Crippen molar-refractivity contribution in [2.75, 3.05) is 13.7 Å². The zero-order valence-electron chi connectivity index (χ0n) is 17.2. The summed E-state index contributed by atoms with van der Waals surface area (Å²) in [5, 5.41) is 5.15. The molecule has 0 radical (unpaired) electrons. The molecule has 170 valence electrons. The number of esters is 1. The highest BCUT2D eigenvalue weighted by Gasteiger charge is 2.13. The van der Waals surface area contributed by atoms with Gasteiger partial charge in [0.05, 0.1) is 23.9 Å². The lowest BCUT2D eigenvalue weighted by Crippen LogP contribution is -2.24. The topological polar surface area (TPSA) is 86.2 Å². The summed E-state index contributed by atoms with van der Waals surface area (Å²) in [5.41, 5.74) is 3.28. The zero-order valence-corrected chi connectivity index (χ0v) is 19.4. The van der Waals surface area contributed by atoms with Crippen LogP contribution >= 0.6 is 34.8 Å². The molecule has 1 N–H and O–H groups in total. The fourth-order valence-corrected chi connectivity index (χ4v) is 3.13. The third kappa shape index (κ3) is 7.12. The molecule has 0 aliphatic heterocycles. The first-order valence-corrected chi connectivity index (χ1v) is 10.5. The molecule has 0 aromatic heterocycles. The SMILES string of the molecule is COc1cc(/C=N/NC(=O)COc2ccc(Cl)cc2Cl)ccc1OC(=O)c1ccc(Cl)cc1. The fourth-order valence-electron chi connectivity index (χ4n) is 2.54. The van der Waals surface area contributed by atoms with Crippen molar-refractivity contribution in [1.82, 2.24) is 5.43 Å². The number of hydrogen-bond acceptors (Lipinski definition) is 6. The Morgan fingerprint density at radius 2 is 1.61 bits per heavy atom. The first kappa shape index (κ1) is 24.4. The van der Waals surface area contributed by atoms with E-state index < -0.39 is 11.9 Å². The van der Waals surface area contributed by atoms with Gasteiger partial charge in [0, 0.05) is 10.0 Å². The maximum absolute atomic E-state index is 12.3. The number of carbonyl (C=O) groups is 2. The zero-order chi connectivity index (χ0) is 23.8. The largest absolute Gasteiger partial charge is 0.493 e. The van der Waals surface area contributed by atoms with Gasteiger partial charge in [0.2, 0.25) is 0 Å². The number of amides is 1. The van der Waals surface area contributed by atoms with Crippen LogP contribution < -0.4 is 19.6 Å². The highest BCUT2D eigenvalue weighted by Crippen LogP contribution is 2.29. The molecule has 0 saturated heterocycles. The predicted molar refractivity (Wildman–Crippen MR) is 127 cm³/mol. The normalized spacial score (nSPS) is 10.7. The highest BCUT2D eigenvalue weighted by molar-refractivity contribution is 6.35. The van der Waals surface area contributed by atoms with Crippen LogP contribution in [0.25, 0.3) is 0 Å². The molecular weight excluding hydrogens is 491 g/mol. The van der Waals surface area contributed by atoms with Crippen molar-refractivity contribution < 1.29 is 23.8 Å². The number of hydrazone groups is 1. The van der Waals surface area contributed by atoms with E-state index in [0.717, 1.165) is 0 Å². The summed E-state index contributed by atoms with van der Waals surface area (Å²) in [7, 11) is 1.44. The lowest BCUT2D eigenvalue weighted by Gasteiger charge is -2.10. The molecule has 0 aliphatic carbocycles. The van der Waals surface area contributed by atoms with E-state index in [-0.39, 0.29) is 12.4 Å². The van der Waals surface area contributed by atoms with E-state index in [9.17, 15) is 9.59 Å². The summed E-state index contributed by atoms with van der Waals surface area (Å²) in [6, 6.07) is 15.8. The highest BCUT2D eigenvalue weighted by atomic mass is 35.5. The Labute approximate surface area is 204 Å². The van der Waals surface area contributed by atoms with Gasteiger partial charge in [0.1, 0.15) is 5.75 Å². The van der Waals surface area contributed by atoms with E-state index in [1.54, 1.807) is 54.6 Å². The first-order valence-electron chi connectivity index (χ1n) is 9.41. The van der Waals surface area contributed by atoms with E-state index >= 15 is 0 Å². The lowest BCUT2D eigenvalue weighted by molar-refractivity contribution is -0.123. The second-order valence-corrected chi connectivity index (χ2v) is 7.74. The quantitative estimate of drug-likeness (QED) is 0.191. The molecule has 0 atom stereocenters. The molecule has 3 aromatic carbocycles. The van der Waals surface area contributed by atoms with Crippen molar-refractivity contribution in [2.24, 2.45) is 5.10 Å². The second-order valence-electron chi connectivity index (χ2n) is 6.46. The Balaban J connectivity index is 1.56. The molecule has 0 heterocycles. The number of ether oxygens (including phenoxy) is 3.